The van der Waals surface area contributed by atoms with Crippen molar-refractivity contribution in [2.24, 2.45) is 11.8 Å². The first-order chi connectivity index (χ1) is 8.23. The van der Waals surface area contributed by atoms with E-state index < -0.39 is 42.5 Å². The lowest BCUT2D eigenvalue weighted by molar-refractivity contribution is -0.202. The van der Waals surface area contributed by atoms with Gasteiger partial charge in [-0.05, 0) is 12.8 Å². The van der Waals surface area contributed by atoms with Crippen LogP contribution in [0.2, 0.25) is 0 Å². The standard InChI is InChI=1S/C10H14F3NO4/c11-10(12,13)7(15)4-14-8(16)5-2-1-3-6(5)9(17)18/h5-7,15H,1-4H2,(H,14,16)(H,17,18)/t5-,6+,7?/m1/s1. The number of alkyl halides is 3. The van der Waals surface area contributed by atoms with Crippen LogP contribution in [0.15, 0.2) is 0 Å². The minimum atomic E-state index is -4.80. The maximum atomic E-state index is 12.0. The van der Waals surface area contributed by atoms with E-state index >= 15 is 0 Å². The summed E-state index contributed by atoms with van der Waals surface area (Å²) in [6.45, 7) is -0.953. The predicted molar refractivity (Wildman–Crippen MR) is 53.5 cm³/mol. The molecule has 18 heavy (non-hydrogen) atoms. The van der Waals surface area contributed by atoms with E-state index in [-0.39, 0.29) is 0 Å². The topological polar surface area (TPSA) is 86.6 Å². The molecule has 0 radical (unpaired) electrons. The van der Waals surface area contributed by atoms with Crippen molar-refractivity contribution in [3.63, 3.8) is 0 Å². The van der Waals surface area contributed by atoms with Crippen molar-refractivity contribution >= 4 is 11.9 Å². The third kappa shape index (κ3) is 3.59. The summed E-state index contributed by atoms with van der Waals surface area (Å²) < 4.78 is 36.0. The van der Waals surface area contributed by atoms with Gasteiger partial charge in [-0.3, -0.25) is 9.59 Å². The van der Waals surface area contributed by atoms with Gasteiger partial charge in [-0.15, -0.1) is 0 Å². The van der Waals surface area contributed by atoms with Crippen molar-refractivity contribution < 1.29 is 33.0 Å². The van der Waals surface area contributed by atoms with Crippen LogP contribution in [-0.2, 0) is 9.59 Å². The molecule has 0 aromatic rings. The molecule has 0 aliphatic heterocycles. The lowest BCUT2D eigenvalue weighted by Gasteiger charge is -2.18. The fraction of sp³-hybridized carbons (Fsp3) is 0.800. The molecule has 1 aliphatic carbocycles. The predicted octanol–water partition coefficient (Wildman–Crippen LogP) is 0.527. The number of aliphatic hydroxyl groups is 1. The Balaban J connectivity index is 2.48. The Bertz CT molecular complexity index is 332. The van der Waals surface area contributed by atoms with Crippen molar-refractivity contribution in [2.75, 3.05) is 6.54 Å². The SMILES string of the molecule is O=C(O)[C@H]1CCC[C@H]1C(=O)NCC(O)C(F)(F)F. The summed E-state index contributed by atoms with van der Waals surface area (Å²) >= 11 is 0. The summed E-state index contributed by atoms with van der Waals surface area (Å²) in [5.41, 5.74) is 0. The molecule has 0 heterocycles. The van der Waals surface area contributed by atoms with Gasteiger partial charge in [-0.1, -0.05) is 6.42 Å². The van der Waals surface area contributed by atoms with Crippen LogP contribution in [0.1, 0.15) is 19.3 Å². The van der Waals surface area contributed by atoms with Crippen molar-refractivity contribution in [3.05, 3.63) is 0 Å². The maximum absolute atomic E-state index is 12.0. The summed E-state index contributed by atoms with van der Waals surface area (Å²) in [7, 11) is 0. The largest absolute Gasteiger partial charge is 0.481 e. The van der Waals surface area contributed by atoms with Crippen LogP contribution >= 0.6 is 0 Å². The molecule has 1 saturated carbocycles. The number of nitrogens with one attached hydrogen (secondary N) is 1. The molecule has 104 valence electrons. The fourth-order valence-corrected chi connectivity index (χ4v) is 2.01. The van der Waals surface area contributed by atoms with Gasteiger partial charge < -0.3 is 15.5 Å². The van der Waals surface area contributed by atoms with Gasteiger partial charge in [0.2, 0.25) is 5.91 Å². The molecule has 0 aromatic heterocycles. The van der Waals surface area contributed by atoms with Crippen LogP contribution in [0.25, 0.3) is 0 Å². The second-order valence-corrected chi connectivity index (χ2v) is 4.28. The number of halogens is 3. The van der Waals surface area contributed by atoms with Crippen LogP contribution in [-0.4, -0.2) is 40.9 Å². The molecule has 5 nitrogen and oxygen atoms in total. The van der Waals surface area contributed by atoms with Crippen LogP contribution in [0.5, 0.6) is 0 Å². The highest BCUT2D eigenvalue weighted by molar-refractivity contribution is 5.85. The van der Waals surface area contributed by atoms with Crippen LogP contribution in [0, 0.1) is 11.8 Å². The Morgan fingerprint density at radius 2 is 1.83 bits per heavy atom. The molecule has 1 amide bonds. The molecule has 1 unspecified atom stereocenters. The first-order valence-corrected chi connectivity index (χ1v) is 5.48. The van der Waals surface area contributed by atoms with E-state index in [2.05, 4.69) is 0 Å². The number of aliphatic carboxylic acids is 1. The van der Waals surface area contributed by atoms with E-state index in [4.69, 9.17) is 10.2 Å². The summed E-state index contributed by atoms with van der Waals surface area (Å²) in [4.78, 5) is 22.3. The number of aliphatic hydroxyl groups excluding tert-OH is 1. The number of carbonyl (C=O) groups is 2. The third-order valence-electron chi connectivity index (χ3n) is 3.02. The molecule has 3 atom stereocenters. The number of carbonyl (C=O) groups excluding carboxylic acids is 1. The van der Waals surface area contributed by atoms with Crippen molar-refractivity contribution in [1.29, 1.82) is 0 Å². The average Bonchev–Trinajstić information content (AvgIpc) is 2.72. The zero-order valence-electron chi connectivity index (χ0n) is 9.41. The highest BCUT2D eigenvalue weighted by Gasteiger charge is 2.41. The highest BCUT2D eigenvalue weighted by atomic mass is 19.4. The van der Waals surface area contributed by atoms with E-state index in [9.17, 15) is 22.8 Å². The van der Waals surface area contributed by atoms with Crippen LogP contribution in [0.4, 0.5) is 13.2 Å². The number of rotatable bonds is 4. The number of hydrogen-bond acceptors (Lipinski definition) is 3. The number of carboxylic acid groups (broad SMARTS) is 1. The van der Waals surface area contributed by atoms with Crippen molar-refractivity contribution in [3.8, 4) is 0 Å². The lowest BCUT2D eigenvalue weighted by atomic mass is 9.95. The monoisotopic (exact) mass is 269 g/mol. The van der Waals surface area contributed by atoms with Crippen molar-refractivity contribution in [1.82, 2.24) is 5.32 Å². The molecular weight excluding hydrogens is 255 g/mol. The van der Waals surface area contributed by atoms with E-state index in [0.717, 1.165) is 0 Å². The second-order valence-electron chi connectivity index (χ2n) is 4.28. The minimum Gasteiger partial charge on any atom is -0.481 e. The number of carboxylic acids is 1. The normalized spacial score (nSPS) is 25.8. The van der Waals surface area contributed by atoms with E-state index in [1.165, 1.54) is 0 Å². The summed E-state index contributed by atoms with van der Waals surface area (Å²) in [6.07, 6.45) is -6.20. The molecule has 3 N–H and O–H groups in total. The molecule has 0 bridgehead atoms. The van der Waals surface area contributed by atoms with Gasteiger partial charge in [0.1, 0.15) is 0 Å². The summed E-state index contributed by atoms with van der Waals surface area (Å²) in [5.74, 6) is -3.54. The van der Waals surface area contributed by atoms with Crippen LogP contribution < -0.4 is 5.32 Å². The van der Waals surface area contributed by atoms with E-state index in [1.807, 2.05) is 5.32 Å². The van der Waals surface area contributed by atoms with Gasteiger partial charge in [0, 0.05) is 0 Å². The Labute approximate surface area is 101 Å². The van der Waals surface area contributed by atoms with Gasteiger partial charge >= 0.3 is 12.1 Å². The van der Waals surface area contributed by atoms with Gasteiger partial charge in [0.15, 0.2) is 6.10 Å². The Morgan fingerprint density at radius 1 is 1.28 bits per heavy atom. The summed E-state index contributed by atoms with van der Waals surface area (Å²) in [6, 6.07) is 0. The van der Waals surface area contributed by atoms with Gasteiger partial charge in [0.05, 0.1) is 18.4 Å². The van der Waals surface area contributed by atoms with Gasteiger partial charge in [-0.25, -0.2) is 0 Å². The zero-order valence-corrected chi connectivity index (χ0v) is 9.41. The average molecular weight is 269 g/mol. The molecule has 0 spiro atoms. The Hall–Kier alpha value is -1.31. The number of amides is 1. The quantitative estimate of drug-likeness (QED) is 0.694. The fourth-order valence-electron chi connectivity index (χ4n) is 2.01. The molecule has 1 fully saturated rings. The Kier molecular flexibility index (Phi) is 4.55. The van der Waals surface area contributed by atoms with Gasteiger partial charge in [-0.2, -0.15) is 13.2 Å². The molecule has 8 heteroatoms. The zero-order chi connectivity index (χ0) is 13.9. The van der Waals surface area contributed by atoms with Gasteiger partial charge in [0.25, 0.3) is 0 Å². The lowest BCUT2D eigenvalue weighted by Crippen LogP contribution is -2.43. The molecule has 1 aliphatic rings. The van der Waals surface area contributed by atoms with Crippen molar-refractivity contribution in [2.45, 2.75) is 31.5 Å². The summed E-state index contributed by atoms with van der Waals surface area (Å²) in [5, 5.41) is 19.5. The van der Waals surface area contributed by atoms with E-state index in [1.54, 1.807) is 0 Å². The third-order valence-corrected chi connectivity index (χ3v) is 3.02. The van der Waals surface area contributed by atoms with Crippen LogP contribution in [0.3, 0.4) is 0 Å². The minimum absolute atomic E-state index is 0.338. The first-order valence-electron chi connectivity index (χ1n) is 5.48. The molecular formula is C10H14F3NO4. The smallest absolute Gasteiger partial charge is 0.416 e. The Morgan fingerprint density at radius 3 is 2.33 bits per heavy atom. The second kappa shape index (κ2) is 5.55. The number of hydrogen-bond donors (Lipinski definition) is 3. The maximum Gasteiger partial charge on any atom is 0.416 e. The first kappa shape index (κ1) is 14.7. The molecule has 1 rings (SSSR count). The highest BCUT2D eigenvalue weighted by Crippen LogP contribution is 2.32. The molecule has 0 saturated heterocycles. The van der Waals surface area contributed by atoms with E-state index in [0.29, 0.717) is 19.3 Å². The molecule has 0 aromatic carbocycles.